The lowest BCUT2D eigenvalue weighted by atomic mass is 10.2. The zero-order valence-corrected chi connectivity index (χ0v) is 15.7. The van der Waals surface area contributed by atoms with Crippen molar-refractivity contribution < 1.29 is 17.9 Å². The Morgan fingerprint density at radius 2 is 1.68 bits per heavy atom. The minimum atomic E-state index is -4.60. The zero-order valence-electron chi connectivity index (χ0n) is 15.0. The van der Waals surface area contributed by atoms with Crippen LogP contribution in [-0.2, 0) is 6.18 Å². The van der Waals surface area contributed by atoms with Gasteiger partial charge in [0.25, 0.3) is 0 Å². The number of methoxy groups -OCH3 is 1. The summed E-state index contributed by atoms with van der Waals surface area (Å²) in [6, 6.07) is 13.3. The summed E-state index contributed by atoms with van der Waals surface area (Å²) in [6.45, 7) is 0. The highest BCUT2D eigenvalue weighted by Crippen LogP contribution is 2.36. The van der Waals surface area contributed by atoms with Crippen LogP contribution in [0.2, 0.25) is 5.02 Å². The summed E-state index contributed by atoms with van der Waals surface area (Å²) >= 11 is 5.88. The molecule has 1 heterocycles. The molecule has 0 aliphatic carbocycles. The summed E-state index contributed by atoms with van der Waals surface area (Å²) in [5.41, 5.74) is 0.154. The Kier molecular flexibility index (Phi) is 5.60. The summed E-state index contributed by atoms with van der Waals surface area (Å²) in [6.07, 6.45) is -3.84. The van der Waals surface area contributed by atoms with E-state index in [1.165, 1.54) is 7.11 Å². The molecule has 1 aromatic heterocycles. The molecule has 0 bridgehead atoms. The molecular weight excluding hydrogens is 393 g/mol. The number of hydrogen-bond donors (Lipinski definition) is 1. The van der Waals surface area contributed by atoms with Gasteiger partial charge in [-0.25, -0.2) is 4.98 Å². The molecule has 0 aliphatic rings. The minimum absolute atomic E-state index is 0.103. The molecule has 0 atom stereocenters. The zero-order chi connectivity index (χ0) is 20.3. The lowest BCUT2D eigenvalue weighted by Gasteiger charge is -2.20. The molecule has 2 aromatic carbocycles. The summed E-state index contributed by atoms with van der Waals surface area (Å²) in [5.74, 6) is 0.349. The molecule has 5 nitrogen and oxygen atoms in total. The minimum Gasteiger partial charge on any atom is -0.497 e. The summed E-state index contributed by atoms with van der Waals surface area (Å²) in [4.78, 5) is 9.54. The lowest BCUT2D eigenvalue weighted by Crippen LogP contribution is -2.17. The number of nitrogens with zero attached hydrogens (tertiary/aromatic N) is 3. The van der Waals surface area contributed by atoms with Crippen molar-refractivity contribution in [3.8, 4) is 5.75 Å². The average Bonchev–Trinajstić information content (AvgIpc) is 2.68. The van der Waals surface area contributed by atoms with Crippen LogP contribution in [0.15, 0.2) is 54.7 Å². The molecule has 9 heteroatoms. The van der Waals surface area contributed by atoms with Crippen LogP contribution in [0.5, 0.6) is 5.75 Å². The number of halogens is 4. The Hall–Kier alpha value is -3.00. The predicted octanol–water partition coefficient (Wildman–Crippen LogP) is 5.67. The number of ether oxygens (including phenoxy) is 1. The molecule has 0 radical (unpaired) electrons. The lowest BCUT2D eigenvalue weighted by molar-refractivity contribution is -0.137. The van der Waals surface area contributed by atoms with Gasteiger partial charge in [0.05, 0.1) is 7.11 Å². The quantitative estimate of drug-likeness (QED) is 0.589. The topological polar surface area (TPSA) is 50.3 Å². The molecule has 3 aromatic rings. The van der Waals surface area contributed by atoms with Crippen molar-refractivity contribution in [3.63, 3.8) is 0 Å². The van der Waals surface area contributed by atoms with Gasteiger partial charge < -0.3 is 15.0 Å². The Bertz CT molecular complexity index is 947. The number of aromatic nitrogens is 2. The van der Waals surface area contributed by atoms with Gasteiger partial charge in [-0.1, -0.05) is 11.6 Å². The average molecular weight is 409 g/mol. The van der Waals surface area contributed by atoms with E-state index in [0.717, 1.165) is 6.20 Å². The van der Waals surface area contributed by atoms with Gasteiger partial charge in [0.15, 0.2) is 0 Å². The van der Waals surface area contributed by atoms with E-state index in [0.29, 0.717) is 22.1 Å². The summed E-state index contributed by atoms with van der Waals surface area (Å²) in [7, 11) is 3.16. The second-order valence-electron chi connectivity index (χ2n) is 5.82. The van der Waals surface area contributed by atoms with Gasteiger partial charge >= 0.3 is 6.18 Å². The first-order valence-corrected chi connectivity index (χ1v) is 8.50. The van der Waals surface area contributed by atoms with Crippen LogP contribution in [-0.4, -0.2) is 24.1 Å². The highest BCUT2D eigenvalue weighted by Gasteiger charge is 2.35. The van der Waals surface area contributed by atoms with Crippen molar-refractivity contribution in [1.29, 1.82) is 0 Å². The first-order chi connectivity index (χ1) is 13.3. The molecule has 0 aliphatic heterocycles. The van der Waals surface area contributed by atoms with E-state index in [1.807, 2.05) is 0 Å². The van der Waals surface area contributed by atoms with E-state index in [9.17, 15) is 13.2 Å². The molecule has 146 valence electrons. The fraction of sp³-hybridized carbons (Fsp3) is 0.158. The molecule has 0 saturated heterocycles. The van der Waals surface area contributed by atoms with Crippen LogP contribution in [0.3, 0.4) is 0 Å². The van der Waals surface area contributed by atoms with Gasteiger partial charge in [-0.05, 0) is 48.5 Å². The van der Waals surface area contributed by atoms with E-state index in [-0.39, 0.29) is 11.8 Å². The maximum absolute atomic E-state index is 13.4. The summed E-state index contributed by atoms with van der Waals surface area (Å²) < 4.78 is 45.3. The second kappa shape index (κ2) is 7.93. The van der Waals surface area contributed by atoms with Crippen molar-refractivity contribution in [2.75, 3.05) is 24.4 Å². The molecule has 1 N–H and O–H groups in total. The van der Waals surface area contributed by atoms with Gasteiger partial charge in [0, 0.05) is 29.6 Å². The van der Waals surface area contributed by atoms with Gasteiger partial charge in [-0.15, -0.1) is 0 Å². The standard InChI is InChI=1S/C19H16ClF3N4O/c1-27(14-7-3-12(20)4-8-14)18-24-11-16(19(21,22)23)17(26-18)25-13-5-9-15(28-2)10-6-13/h3-11H,1-2H3,(H,24,25,26). The molecular formula is C19H16ClF3N4O. The van der Waals surface area contributed by atoms with Crippen molar-refractivity contribution in [1.82, 2.24) is 9.97 Å². The third kappa shape index (κ3) is 4.45. The van der Waals surface area contributed by atoms with Crippen LogP contribution in [0, 0.1) is 0 Å². The first-order valence-electron chi connectivity index (χ1n) is 8.12. The Morgan fingerprint density at radius 1 is 1.04 bits per heavy atom. The van der Waals surface area contributed by atoms with E-state index < -0.39 is 11.7 Å². The third-order valence-corrected chi connectivity index (χ3v) is 4.20. The van der Waals surface area contributed by atoms with Gasteiger partial charge in [-0.3, -0.25) is 0 Å². The summed E-state index contributed by atoms with van der Waals surface area (Å²) in [5, 5.41) is 3.26. The van der Waals surface area contributed by atoms with E-state index >= 15 is 0 Å². The van der Waals surface area contributed by atoms with Crippen LogP contribution in [0.1, 0.15) is 5.56 Å². The van der Waals surface area contributed by atoms with Crippen LogP contribution in [0.25, 0.3) is 0 Å². The molecule has 0 amide bonds. The first kappa shape index (κ1) is 19.8. The maximum Gasteiger partial charge on any atom is 0.421 e. The fourth-order valence-electron chi connectivity index (χ4n) is 2.43. The second-order valence-corrected chi connectivity index (χ2v) is 6.26. The molecule has 0 saturated carbocycles. The highest BCUT2D eigenvalue weighted by molar-refractivity contribution is 6.30. The van der Waals surface area contributed by atoms with Gasteiger partial charge in [0.1, 0.15) is 17.1 Å². The number of anilines is 4. The SMILES string of the molecule is COc1ccc(Nc2nc(N(C)c3ccc(Cl)cc3)ncc2C(F)(F)F)cc1. The van der Waals surface area contributed by atoms with Crippen LogP contribution in [0.4, 0.5) is 36.3 Å². The van der Waals surface area contributed by atoms with E-state index in [4.69, 9.17) is 16.3 Å². The van der Waals surface area contributed by atoms with Gasteiger partial charge in [-0.2, -0.15) is 18.2 Å². The van der Waals surface area contributed by atoms with Crippen molar-refractivity contribution in [2.24, 2.45) is 0 Å². The number of hydrogen-bond acceptors (Lipinski definition) is 5. The number of benzene rings is 2. The van der Waals surface area contributed by atoms with Crippen LogP contribution >= 0.6 is 11.6 Å². The van der Waals surface area contributed by atoms with Crippen molar-refractivity contribution in [2.45, 2.75) is 6.18 Å². The molecule has 0 unspecified atom stereocenters. The fourth-order valence-corrected chi connectivity index (χ4v) is 2.55. The largest absolute Gasteiger partial charge is 0.497 e. The van der Waals surface area contributed by atoms with Crippen molar-refractivity contribution >= 4 is 34.7 Å². The normalized spacial score (nSPS) is 11.2. The molecule has 0 fully saturated rings. The van der Waals surface area contributed by atoms with E-state index in [1.54, 1.807) is 60.5 Å². The van der Waals surface area contributed by atoms with Crippen LogP contribution < -0.4 is 15.0 Å². The van der Waals surface area contributed by atoms with Gasteiger partial charge in [0.2, 0.25) is 5.95 Å². The molecule has 3 rings (SSSR count). The van der Waals surface area contributed by atoms with E-state index in [2.05, 4.69) is 15.3 Å². The number of nitrogens with one attached hydrogen (secondary N) is 1. The number of alkyl halides is 3. The molecule has 0 spiro atoms. The monoisotopic (exact) mass is 408 g/mol. The van der Waals surface area contributed by atoms with Crippen molar-refractivity contribution in [3.05, 3.63) is 65.3 Å². The predicted molar refractivity (Wildman–Crippen MR) is 103 cm³/mol. The smallest absolute Gasteiger partial charge is 0.421 e. The Labute approximate surface area is 164 Å². The Morgan fingerprint density at radius 3 is 2.25 bits per heavy atom. The number of rotatable bonds is 5. The Balaban J connectivity index is 1.97. The maximum atomic E-state index is 13.4. The highest BCUT2D eigenvalue weighted by atomic mass is 35.5. The molecule has 28 heavy (non-hydrogen) atoms. The third-order valence-electron chi connectivity index (χ3n) is 3.95.